The molecule has 0 spiro atoms. The van der Waals surface area contributed by atoms with Gasteiger partial charge in [-0.25, -0.2) is 9.50 Å². The van der Waals surface area contributed by atoms with Gasteiger partial charge < -0.3 is 16.0 Å². The summed E-state index contributed by atoms with van der Waals surface area (Å²) in [6.45, 7) is 3.82. The van der Waals surface area contributed by atoms with Crippen molar-refractivity contribution in [1.29, 1.82) is 0 Å². The van der Waals surface area contributed by atoms with Gasteiger partial charge in [0.1, 0.15) is 5.82 Å². The number of imidazole rings is 1. The van der Waals surface area contributed by atoms with Crippen molar-refractivity contribution in [2.75, 3.05) is 23.7 Å². The van der Waals surface area contributed by atoms with E-state index < -0.39 is 0 Å². The van der Waals surface area contributed by atoms with Gasteiger partial charge in [-0.05, 0) is 38.4 Å². The lowest BCUT2D eigenvalue weighted by atomic mass is 10.1. The van der Waals surface area contributed by atoms with Gasteiger partial charge in [-0.15, -0.1) is 5.10 Å². The van der Waals surface area contributed by atoms with E-state index >= 15 is 0 Å². The van der Waals surface area contributed by atoms with Crippen LogP contribution in [0, 0.1) is 6.92 Å². The minimum absolute atomic E-state index is 0.266. The predicted octanol–water partition coefficient (Wildman–Crippen LogP) is 1.19. The number of anilines is 2. The molecule has 4 rings (SSSR count). The third-order valence-electron chi connectivity index (χ3n) is 4.51. The fourth-order valence-corrected chi connectivity index (χ4v) is 3.20. The summed E-state index contributed by atoms with van der Waals surface area (Å²) in [5.74, 6) is 0.466. The van der Waals surface area contributed by atoms with Gasteiger partial charge in [-0.2, -0.15) is 5.10 Å². The predicted molar refractivity (Wildman–Crippen MR) is 98.4 cm³/mol. The number of piperidine rings is 1. The Kier molecular flexibility index (Phi) is 4.29. The number of carbonyl (C=O) groups is 1. The molecule has 3 N–H and O–H groups in total. The molecule has 3 aromatic heterocycles. The minimum Gasteiger partial charge on any atom is -0.365 e. The van der Waals surface area contributed by atoms with E-state index in [1.807, 2.05) is 26.1 Å². The van der Waals surface area contributed by atoms with Gasteiger partial charge >= 0.3 is 0 Å². The first-order valence-electron chi connectivity index (χ1n) is 8.74. The molecule has 1 aliphatic heterocycles. The van der Waals surface area contributed by atoms with E-state index in [0.29, 0.717) is 23.1 Å². The fourth-order valence-electron chi connectivity index (χ4n) is 3.20. The molecule has 136 valence electrons. The Morgan fingerprint density at radius 1 is 1.35 bits per heavy atom. The topological polar surface area (TPSA) is 101 Å². The molecule has 0 aromatic carbocycles. The second kappa shape index (κ2) is 6.75. The zero-order valence-corrected chi connectivity index (χ0v) is 14.9. The highest BCUT2D eigenvalue weighted by atomic mass is 16.2. The van der Waals surface area contributed by atoms with Crippen molar-refractivity contribution < 1.29 is 4.79 Å². The summed E-state index contributed by atoms with van der Waals surface area (Å²) in [5.41, 5.74) is 2.45. The average Bonchev–Trinajstić information content (AvgIpc) is 3.18. The second-order valence-corrected chi connectivity index (χ2v) is 6.58. The van der Waals surface area contributed by atoms with Crippen molar-refractivity contribution >= 4 is 23.1 Å². The molecule has 1 amide bonds. The van der Waals surface area contributed by atoms with Crippen LogP contribution in [0.4, 0.5) is 11.5 Å². The highest BCUT2D eigenvalue weighted by Crippen LogP contribution is 2.16. The SMILES string of the molecule is Cc1nn(C)cc1NC(=O)c1cnc2ccc(N[C@@H]3CCCNC3)nn12. The fraction of sp³-hybridized carbons (Fsp3) is 0.412. The third-order valence-corrected chi connectivity index (χ3v) is 4.51. The molecular weight excluding hydrogens is 332 g/mol. The molecule has 0 bridgehead atoms. The molecule has 26 heavy (non-hydrogen) atoms. The van der Waals surface area contributed by atoms with Crippen LogP contribution < -0.4 is 16.0 Å². The molecule has 1 aliphatic rings. The summed E-state index contributed by atoms with van der Waals surface area (Å²) in [6, 6.07) is 4.09. The number of hydrogen-bond donors (Lipinski definition) is 3. The van der Waals surface area contributed by atoms with Crippen LogP contribution in [0.2, 0.25) is 0 Å². The number of aromatic nitrogens is 5. The van der Waals surface area contributed by atoms with E-state index in [4.69, 9.17) is 0 Å². The molecule has 1 saturated heterocycles. The van der Waals surface area contributed by atoms with Gasteiger partial charge in [-0.3, -0.25) is 9.48 Å². The Morgan fingerprint density at radius 2 is 2.23 bits per heavy atom. The molecule has 0 unspecified atom stereocenters. The average molecular weight is 354 g/mol. The van der Waals surface area contributed by atoms with Crippen LogP contribution in [-0.2, 0) is 7.05 Å². The van der Waals surface area contributed by atoms with Crippen LogP contribution in [0.3, 0.4) is 0 Å². The summed E-state index contributed by atoms with van der Waals surface area (Å²) in [6.07, 6.45) is 5.55. The molecule has 9 nitrogen and oxygen atoms in total. The molecule has 0 aliphatic carbocycles. The number of nitrogens with zero attached hydrogens (tertiary/aromatic N) is 5. The lowest BCUT2D eigenvalue weighted by Crippen LogP contribution is -2.38. The second-order valence-electron chi connectivity index (χ2n) is 6.58. The van der Waals surface area contributed by atoms with Crippen LogP contribution in [0.25, 0.3) is 5.65 Å². The first-order chi connectivity index (χ1) is 12.6. The Labute approximate surface area is 150 Å². The standard InChI is InChI=1S/C17H22N8O/c1-11-13(10-24(2)22-11)21-17(26)14-9-19-16-6-5-15(23-25(14)16)20-12-4-3-7-18-8-12/h5-6,9-10,12,18H,3-4,7-8H2,1-2H3,(H,20,23)(H,21,26)/t12-/m1/s1. The summed E-state index contributed by atoms with van der Waals surface area (Å²) >= 11 is 0. The summed E-state index contributed by atoms with van der Waals surface area (Å²) < 4.78 is 3.23. The van der Waals surface area contributed by atoms with Crippen LogP contribution >= 0.6 is 0 Å². The molecule has 1 atom stereocenters. The molecular formula is C17H22N8O. The maximum atomic E-state index is 12.7. The largest absolute Gasteiger partial charge is 0.365 e. The van der Waals surface area contributed by atoms with Crippen molar-refractivity contribution in [1.82, 2.24) is 29.7 Å². The molecule has 3 aromatic rings. The van der Waals surface area contributed by atoms with E-state index in [9.17, 15) is 4.79 Å². The Balaban J connectivity index is 1.57. The first kappa shape index (κ1) is 16.5. The zero-order valence-electron chi connectivity index (χ0n) is 14.9. The van der Waals surface area contributed by atoms with Crippen molar-refractivity contribution in [2.45, 2.75) is 25.8 Å². The number of nitrogens with one attached hydrogen (secondary N) is 3. The maximum Gasteiger partial charge on any atom is 0.276 e. The maximum absolute atomic E-state index is 12.7. The van der Waals surface area contributed by atoms with E-state index in [1.54, 1.807) is 15.4 Å². The van der Waals surface area contributed by atoms with Gasteiger partial charge in [0.05, 0.1) is 17.6 Å². The number of amides is 1. The van der Waals surface area contributed by atoms with Crippen LogP contribution in [0.5, 0.6) is 0 Å². The molecule has 9 heteroatoms. The number of hydrogen-bond acceptors (Lipinski definition) is 6. The first-order valence-corrected chi connectivity index (χ1v) is 8.74. The minimum atomic E-state index is -0.266. The van der Waals surface area contributed by atoms with E-state index in [0.717, 1.165) is 37.4 Å². The highest BCUT2D eigenvalue weighted by molar-refractivity contribution is 6.03. The summed E-state index contributed by atoms with van der Waals surface area (Å²) in [4.78, 5) is 16.9. The number of rotatable bonds is 4. The summed E-state index contributed by atoms with van der Waals surface area (Å²) in [7, 11) is 1.82. The lowest BCUT2D eigenvalue weighted by Gasteiger charge is -2.24. The van der Waals surface area contributed by atoms with Gasteiger partial charge in [0.15, 0.2) is 11.3 Å². The summed E-state index contributed by atoms with van der Waals surface area (Å²) in [5, 5.41) is 18.5. The zero-order chi connectivity index (χ0) is 18.1. The smallest absolute Gasteiger partial charge is 0.276 e. The van der Waals surface area contributed by atoms with E-state index in [2.05, 4.69) is 31.1 Å². The van der Waals surface area contributed by atoms with Gasteiger partial charge in [-0.1, -0.05) is 0 Å². The van der Waals surface area contributed by atoms with Gasteiger partial charge in [0, 0.05) is 25.8 Å². The van der Waals surface area contributed by atoms with Crippen molar-refractivity contribution in [3.05, 3.63) is 35.9 Å². The lowest BCUT2D eigenvalue weighted by molar-refractivity contribution is 0.102. The molecule has 0 radical (unpaired) electrons. The van der Waals surface area contributed by atoms with Crippen molar-refractivity contribution in [2.24, 2.45) is 7.05 Å². The normalized spacial score (nSPS) is 17.4. The van der Waals surface area contributed by atoms with Gasteiger partial charge in [0.2, 0.25) is 0 Å². The highest BCUT2D eigenvalue weighted by Gasteiger charge is 2.17. The monoisotopic (exact) mass is 354 g/mol. The van der Waals surface area contributed by atoms with Crippen LogP contribution in [-0.4, -0.2) is 49.4 Å². The van der Waals surface area contributed by atoms with Crippen LogP contribution in [0.15, 0.2) is 24.5 Å². The quantitative estimate of drug-likeness (QED) is 0.651. The molecule has 0 saturated carbocycles. The van der Waals surface area contributed by atoms with E-state index in [1.165, 1.54) is 6.20 Å². The molecule has 1 fully saturated rings. The Morgan fingerprint density at radius 3 is 2.96 bits per heavy atom. The van der Waals surface area contributed by atoms with Crippen molar-refractivity contribution in [3.63, 3.8) is 0 Å². The molecule has 4 heterocycles. The number of carbonyl (C=O) groups excluding carboxylic acids is 1. The Bertz CT molecular complexity index is 938. The Hall–Kier alpha value is -2.94. The number of aryl methyl sites for hydroxylation is 2. The number of fused-ring (bicyclic) bond motifs is 1. The van der Waals surface area contributed by atoms with E-state index in [-0.39, 0.29) is 5.91 Å². The third kappa shape index (κ3) is 3.25. The van der Waals surface area contributed by atoms with Gasteiger partial charge in [0.25, 0.3) is 5.91 Å². The van der Waals surface area contributed by atoms with Crippen molar-refractivity contribution in [3.8, 4) is 0 Å². The van der Waals surface area contributed by atoms with Crippen LogP contribution in [0.1, 0.15) is 29.0 Å².